The minimum atomic E-state index is -0.250. The lowest BCUT2D eigenvalue weighted by atomic mass is 9.94. The van der Waals surface area contributed by atoms with Gasteiger partial charge in [-0.25, -0.2) is 4.98 Å². The van der Waals surface area contributed by atoms with Crippen LogP contribution in [-0.2, 0) is 16.1 Å². The lowest BCUT2D eigenvalue weighted by Gasteiger charge is -2.28. The Hall–Kier alpha value is -1.23. The minimum absolute atomic E-state index is 0.0103. The van der Waals surface area contributed by atoms with Gasteiger partial charge in [0.2, 0.25) is 0 Å². The smallest absolute Gasteiger partial charge is 0.290 e. The molecule has 10 heteroatoms. The van der Waals surface area contributed by atoms with Gasteiger partial charge in [0.15, 0.2) is 0 Å². The second kappa shape index (κ2) is 10.00. The van der Waals surface area contributed by atoms with Gasteiger partial charge in [0, 0.05) is 40.9 Å². The van der Waals surface area contributed by atoms with Gasteiger partial charge in [-0.1, -0.05) is 17.7 Å². The molecule has 0 radical (unpaired) electrons. The van der Waals surface area contributed by atoms with Crippen LogP contribution >= 0.6 is 50.2 Å². The van der Waals surface area contributed by atoms with Crippen LogP contribution < -0.4 is 11.1 Å². The predicted molar refractivity (Wildman–Crippen MR) is 119 cm³/mol. The zero-order valence-corrected chi connectivity index (χ0v) is 18.7. The van der Waals surface area contributed by atoms with Crippen LogP contribution in [-0.4, -0.2) is 35.8 Å². The zero-order valence-electron chi connectivity index (χ0n) is 14.7. The molecule has 1 aliphatic heterocycles. The fraction of sp³-hybridized carbons (Fsp3) is 0.333. The molecule has 4 N–H and O–H groups in total. The summed E-state index contributed by atoms with van der Waals surface area (Å²) in [7, 11) is 0. The number of nitrogens with zero attached hydrogens (tertiary/aromatic N) is 1. The molecular weight excluding hydrogens is 486 g/mol. The van der Waals surface area contributed by atoms with E-state index in [1.54, 1.807) is 22.7 Å². The van der Waals surface area contributed by atoms with Crippen molar-refractivity contribution in [3.05, 3.63) is 43.0 Å². The molecule has 6 nitrogen and oxygen atoms in total. The molecule has 3 aromatic heterocycles. The summed E-state index contributed by atoms with van der Waals surface area (Å²) in [6, 6.07) is 6.09. The van der Waals surface area contributed by atoms with E-state index in [0.29, 0.717) is 11.8 Å². The molecule has 4 rings (SSSR count). The van der Waals surface area contributed by atoms with E-state index in [9.17, 15) is 0 Å². The Morgan fingerprint density at radius 1 is 1.54 bits per heavy atom. The highest BCUT2D eigenvalue weighted by Gasteiger charge is 2.29. The number of fused-ring (bicyclic) bond motifs is 1. The van der Waals surface area contributed by atoms with E-state index in [1.165, 1.54) is 9.75 Å². The summed E-state index contributed by atoms with van der Waals surface area (Å²) in [5.74, 6) is 0.284. The lowest BCUT2D eigenvalue weighted by molar-refractivity contribution is -0.122. The molecule has 0 unspecified atom stereocenters. The summed E-state index contributed by atoms with van der Waals surface area (Å²) in [5, 5.41) is 13.0. The van der Waals surface area contributed by atoms with Gasteiger partial charge in [-0.05, 0) is 33.8 Å². The number of hydrogen-bond acceptors (Lipinski definition) is 7. The highest BCUT2D eigenvalue weighted by molar-refractivity contribution is 9.10. The largest absolute Gasteiger partial charge is 0.483 e. The third-order valence-corrected chi connectivity index (χ3v) is 7.83. The Balaban J connectivity index is 0.000000706. The van der Waals surface area contributed by atoms with Gasteiger partial charge in [-0.15, -0.1) is 22.7 Å². The fourth-order valence-electron chi connectivity index (χ4n) is 3.08. The lowest BCUT2D eigenvalue weighted by Crippen LogP contribution is -2.37. The highest BCUT2D eigenvalue weighted by Crippen LogP contribution is 2.45. The normalized spacial score (nSPS) is 19.1. The zero-order chi connectivity index (χ0) is 20.1. The maximum absolute atomic E-state index is 8.36. The molecule has 4 heterocycles. The second-order valence-corrected chi connectivity index (χ2v) is 9.39. The van der Waals surface area contributed by atoms with Gasteiger partial charge in [0.1, 0.15) is 5.15 Å². The van der Waals surface area contributed by atoms with Crippen molar-refractivity contribution >= 4 is 72.6 Å². The Morgan fingerprint density at radius 2 is 2.32 bits per heavy atom. The van der Waals surface area contributed by atoms with Crippen molar-refractivity contribution in [1.29, 1.82) is 0 Å². The number of halogens is 2. The van der Waals surface area contributed by atoms with E-state index in [2.05, 4.69) is 43.7 Å². The standard InChI is InChI=1S/C17H17BrClN3OS2.CH2O2/c18-14-15-17(25-16(14)10-3-4-23-8-11(10)20)12(6-13(19)22-15)21-7-9-2-1-5-24-9;2-1-3/h1-2,5-6,10-11H,3-4,7-8,20H2,(H,21,22);1H,(H,2,3)/t10-,11+;/m0./s1. The third kappa shape index (κ3) is 4.84. The third-order valence-electron chi connectivity index (χ3n) is 4.35. The topological polar surface area (TPSA) is 97.5 Å². The van der Waals surface area contributed by atoms with E-state index in [1.807, 2.05) is 6.07 Å². The van der Waals surface area contributed by atoms with Crippen LogP contribution in [0.2, 0.25) is 5.15 Å². The van der Waals surface area contributed by atoms with Crippen molar-refractivity contribution < 1.29 is 14.6 Å². The predicted octanol–water partition coefficient (Wildman–Crippen LogP) is 4.92. The number of pyridine rings is 1. The van der Waals surface area contributed by atoms with Gasteiger partial charge >= 0.3 is 0 Å². The SMILES string of the molecule is N[C@@H]1COCC[C@@H]1c1sc2c(NCc3cccs3)cc(Cl)nc2c1Br.O=CO. The molecular formula is C18H19BrClN3O3S2. The Bertz CT molecular complexity index is 936. The van der Waals surface area contributed by atoms with Gasteiger partial charge in [0.05, 0.1) is 27.0 Å². The number of carbonyl (C=O) groups is 1. The molecule has 0 saturated carbocycles. The summed E-state index contributed by atoms with van der Waals surface area (Å²) >= 11 is 13.5. The van der Waals surface area contributed by atoms with Gasteiger partial charge in [0.25, 0.3) is 6.47 Å². The first-order valence-electron chi connectivity index (χ1n) is 8.51. The van der Waals surface area contributed by atoms with Gasteiger partial charge in [-0.3, -0.25) is 4.79 Å². The molecule has 28 heavy (non-hydrogen) atoms. The number of carboxylic acid groups (broad SMARTS) is 1. The first-order chi connectivity index (χ1) is 13.5. The van der Waals surface area contributed by atoms with Gasteiger partial charge < -0.3 is 20.9 Å². The van der Waals surface area contributed by atoms with Crippen molar-refractivity contribution in [3.63, 3.8) is 0 Å². The average Bonchev–Trinajstić information content (AvgIpc) is 3.30. The van der Waals surface area contributed by atoms with Crippen LogP contribution in [0.25, 0.3) is 10.2 Å². The molecule has 1 saturated heterocycles. The number of nitrogens with two attached hydrogens (primary N) is 1. The number of aromatic nitrogens is 1. The van der Waals surface area contributed by atoms with Gasteiger partial charge in [-0.2, -0.15) is 0 Å². The number of thiophene rings is 2. The summed E-state index contributed by atoms with van der Waals surface area (Å²) in [6.45, 7) is 1.87. The molecule has 150 valence electrons. The average molecular weight is 505 g/mol. The number of anilines is 1. The van der Waals surface area contributed by atoms with E-state index in [4.69, 9.17) is 32.0 Å². The molecule has 0 aliphatic carbocycles. The van der Waals surface area contributed by atoms with Crippen molar-refractivity contribution in [3.8, 4) is 0 Å². The summed E-state index contributed by atoms with van der Waals surface area (Å²) in [6.07, 6.45) is 0.929. The minimum Gasteiger partial charge on any atom is -0.483 e. The molecule has 2 atom stereocenters. The van der Waals surface area contributed by atoms with Crippen molar-refractivity contribution in [2.45, 2.75) is 24.9 Å². The fourth-order valence-corrected chi connectivity index (χ4v) is 6.21. The van der Waals surface area contributed by atoms with Crippen LogP contribution in [0.1, 0.15) is 22.1 Å². The quantitative estimate of drug-likeness (QED) is 0.345. The van der Waals surface area contributed by atoms with Crippen LogP contribution in [0.15, 0.2) is 28.1 Å². The molecule has 0 bridgehead atoms. The van der Waals surface area contributed by atoms with E-state index in [-0.39, 0.29) is 18.4 Å². The maximum atomic E-state index is 8.36. The van der Waals surface area contributed by atoms with Crippen LogP contribution in [0, 0.1) is 0 Å². The molecule has 1 fully saturated rings. The first kappa shape index (κ1) is 21.5. The molecule has 0 aromatic carbocycles. The first-order valence-corrected chi connectivity index (χ1v) is 11.4. The summed E-state index contributed by atoms with van der Waals surface area (Å²) in [4.78, 5) is 15.4. The highest BCUT2D eigenvalue weighted by atomic mass is 79.9. The summed E-state index contributed by atoms with van der Waals surface area (Å²) in [5.41, 5.74) is 8.21. The number of hydrogen-bond donors (Lipinski definition) is 3. The summed E-state index contributed by atoms with van der Waals surface area (Å²) < 4.78 is 7.61. The van der Waals surface area contributed by atoms with Crippen molar-refractivity contribution in [1.82, 2.24) is 4.98 Å². The Labute approximate surface area is 183 Å². The van der Waals surface area contributed by atoms with E-state index < -0.39 is 0 Å². The number of nitrogens with one attached hydrogen (secondary N) is 1. The van der Waals surface area contributed by atoms with Crippen LogP contribution in [0.3, 0.4) is 0 Å². The maximum Gasteiger partial charge on any atom is 0.290 e. The molecule has 0 spiro atoms. The number of rotatable bonds is 4. The number of ether oxygens (including phenoxy) is 1. The monoisotopic (exact) mass is 503 g/mol. The van der Waals surface area contributed by atoms with Crippen LogP contribution in [0.4, 0.5) is 5.69 Å². The van der Waals surface area contributed by atoms with E-state index in [0.717, 1.165) is 39.9 Å². The van der Waals surface area contributed by atoms with Crippen molar-refractivity contribution in [2.24, 2.45) is 5.73 Å². The Morgan fingerprint density at radius 3 is 3.00 bits per heavy atom. The molecule has 0 amide bonds. The Kier molecular flexibility index (Phi) is 7.67. The van der Waals surface area contributed by atoms with E-state index >= 15 is 0 Å². The van der Waals surface area contributed by atoms with Crippen molar-refractivity contribution in [2.75, 3.05) is 18.5 Å². The van der Waals surface area contributed by atoms with Crippen LogP contribution in [0.5, 0.6) is 0 Å². The molecule has 3 aromatic rings. The molecule has 1 aliphatic rings. The second-order valence-electron chi connectivity index (χ2n) is 6.12.